The van der Waals surface area contributed by atoms with E-state index in [0.717, 1.165) is 53.1 Å². The standard InChI is InChI=1S/C25H27N3O4S2/c1-31-17-11-14-8-9-28(23(20-7-4-10-33-20)16(14)12-18(17)32-2)13-21(29)27-25-22(24(26)30)15-5-3-6-19(15)34-25/h4,7,10-12,23H,3,5-6,8-9,13H2,1-2H3,(H2,26,30)(H,27,29). The van der Waals surface area contributed by atoms with E-state index in [1.165, 1.54) is 16.9 Å². The summed E-state index contributed by atoms with van der Waals surface area (Å²) in [7, 11) is 3.27. The minimum absolute atomic E-state index is 0.0711. The molecule has 2 aliphatic rings. The highest BCUT2D eigenvalue weighted by Gasteiger charge is 2.33. The Morgan fingerprint density at radius 2 is 1.97 bits per heavy atom. The van der Waals surface area contributed by atoms with E-state index < -0.39 is 5.91 Å². The lowest BCUT2D eigenvalue weighted by Crippen LogP contribution is -2.41. The molecular weight excluding hydrogens is 470 g/mol. The lowest BCUT2D eigenvalue weighted by Gasteiger charge is -2.37. The van der Waals surface area contributed by atoms with Crippen LogP contribution in [0.15, 0.2) is 29.6 Å². The zero-order valence-corrected chi connectivity index (χ0v) is 20.8. The van der Waals surface area contributed by atoms with Crippen LogP contribution in [0.2, 0.25) is 0 Å². The second-order valence-corrected chi connectivity index (χ2v) is 10.6. The maximum Gasteiger partial charge on any atom is 0.251 e. The smallest absolute Gasteiger partial charge is 0.251 e. The molecule has 9 heteroatoms. The average molecular weight is 498 g/mol. The fourth-order valence-corrected chi connectivity index (χ4v) is 7.24. The van der Waals surface area contributed by atoms with Gasteiger partial charge in [0.15, 0.2) is 11.5 Å². The number of ether oxygens (including phenoxy) is 2. The number of amides is 2. The summed E-state index contributed by atoms with van der Waals surface area (Å²) in [5, 5.41) is 5.63. The second kappa shape index (κ2) is 9.40. The topological polar surface area (TPSA) is 93.9 Å². The van der Waals surface area contributed by atoms with E-state index in [4.69, 9.17) is 15.2 Å². The Kier molecular flexibility index (Phi) is 6.33. The summed E-state index contributed by atoms with van der Waals surface area (Å²) in [6.45, 7) is 0.930. The minimum Gasteiger partial charge on any atom is -0.493 e. The number of primary amides is 1. The van der Waals surface area contributed by atoms with E-state index in [1.54, 1.807) is 25.6 Å². The Bertz CT molecular complexity index is 1240. The van der Waals surface area contributed by atoms with Crippen molar-refractivity contribution in [3.63, 3.8) is 0 Å². The number of carbonyl (C=O) groups is 2. The summed E-state index contributed by atoms with van der Waals surface area (Å²) < 4.78 is 11.1. The highest BCUT2D eigenvalue weighted by molar-refractivity contribution is 7.17. The van der Waals surface area contributed by atoms with Crippen molar-refractivity contribution >= 4 is 39.5 Å². The van der Waals surface area contributed by atoms with Crippen molar-refractivity contribution in [2.24, 2.45) is 5.73 Å². The molecule has 0 fully saturated rings. The molecule has 1 aromatic carbocycles. The summed E-state index contributed by atoms with van der Waals surface area (Å²) in [5.41, 5.74) is 9.48. The third-order valence-corrected chi connectivity index (χ3v) is 8.69. The number of hydrogen-bond acceptors (Lipinski definition) is 7. The highest BCUT2D eigenvalue weighted by atomic mass is 32.1. The van der Waals surface area contributed by atoms with Crippen molar-refractivity contribution in [2.45, 2.75) is 31.7 Å². The molecule has 1 atom stereocenters. The van der Waals surface area contributed by atoms with Crippen LogP contribution in [0.5, 0.6) is 11.5 Å². The highest BCUT2D eigenvalue weighted by Crippen LogP contribution is 2.42. The number of nitrogens with two attached hydrogens (primary N) is 1. The van der Waals surface area contributed by atoms with Gasteiger partial charge in [0.1, 0.15) is 5.00 Å². The van der Waals surface area contributed by atoms with Gasteiger partial charge >= 0.3 is 0 Å². The van der Waals surface area contributed by atoms with Crippen molar-refractivity contribution in [3.8, 4) is 11.5 Å². The van der Waals surface area contributed by atoms with Crippen LogP contribution >= 0.6 is 22.7 Å². The third-order valence-electron chi connectivity index (χ3n) is 6.55. The first kappa shape index (κ1) is 22.9. The van der Waals surface area contributed by atoms with E-state index >= 15 is 0 Å². The minimum atomic E-state index is -0.473. The van der Waals surface area contributed by atoms with E-state index in [0.29, 0.717) is 22.1 Å². The van der Waals surface area contributed by atoms with Gasteiger partial charge in [0.25, 0.3) is 5.91 Å². The number of methoxy groups -OCH3 is 2. The summed E-state index contributed by atoms with van der Waals surface area (Å²) in [4.78, 5) is 29.8. The Hall–Kier alpha value is -2.88. The number of anilines is 1. The Balaban J connectivity index is 1.43. The fraction of sp³-hybridized carbons (Fsp3) is 0.360. The van der Waals surface area contributed by atoms with Gasteiger partial charge in [0.05, 0.1) is 32.4 Å². The van der Waals surface area contributed by atoms with Crippen LogP contribution in [0.4, 0.5) is 5.00 Å². The third kappa shape index (κ3) is 4.08. The molecule has 7 nitrogen and oxygen atoms in total. The average Bonchev–Trinajstić information content (AvgIpc) is 3.55. The van der Waals surface area contributed by atoms with Gasteiger partial charge in [-0.3, -0.25) is 14.5 Å². The number of hydrogen-bond donors (Lipinski definition) is 2. The van der Waals surface area contributed by atoms with Crippen molar-refractivity contribution in [3.05, 3.63) is 61.7 Å². The van der Waals surface area contributed by atoms with Gasteiger partial charge in [0.2, 0.25) is 5.91 Å². The zero-order chi connectivity index (χ0) is 23.8. The SMILES string of the molecule is COc1cc2c(cc1OC)C(c1cccs1)N(CC(=O)Nc1sc3c(c1C(N)=O)CCC3)CC2. The van der Waals surface area contributed by atoms with Gasteiger partial charge in [0, 0.05) is 16.3 Å². The maximum absolute atomic E-state index is 13.2. The number of nitrogens with one attached hydrogen (secondary N) is 1. The first-order valence-electron chi connectivity index (χ1n) is 11.3. The van der Waals surface area contributed by atoms with Crippen molar-refractivity contribution in [2.75, 3.05) is 32.6 Å². The Labute approximate surface area is 206 Å². The molecule has 5 rings (SSSR count). The van der Waals surface area contributed by atoms with Crippen LogP contribution in [0.1, 0.15) is 49.3 Å². The quantitative estimate of drug-likeness (QED) is 0.515. The van der Waals surface area contributed by atoms with Crippen molar-refractivity contribution < 1.29 is 19.1 Å². The van der Waals surface area contributed by atoms with E-state index in [2.05, 4.69) is 21.7 Å². The second-order valence-electron chi connectivity index (χ2n) is 8.52. The van der Waals surface area contributed by atoms with Gasteiger partial charge in [-0.1, -0.05) is 6.07 Å². The molecule has 0 bridgehead atoms. The van der Waals surface area contributed by atoms with Crippen LogP contribution in [-0.4, -0.2) is 44.0 Å². The van der Waals surface area contributed by atoms with Crippen LogP contribution in [-0.2, 0) is 24.1 Å². The number of fused-ring (bicyclic) bond motifs is 2. The summed E-state index contributed by atoms with van der Waals surface area (Å²) in [6.07, 6.45) is 3.60. The number of carbonyl (C=O) groups excluding carboxylic acids is 2. The normalized spacial score (nSPS) is 17.2. The molecule has 0 radical (unpaired) electrons. The van der Waals surface area contributed by atoms with E-state index in [9.17, 15) is 9.59 Å². The van der Waals surface area contributed by atoms with Crippen LogP contribution in [0, 0.1) is 0 Å². The van der Waals surface area contributed by atoms with Crippen LogP contribution in [0.3, 0.4) is 0 Å². The van der Waals surface area contributed by atoms with Gasteiger partial charge in [-0.2, -0.15) is 0 Å². The molecule has 1 unspecified atom stereocenters. The lowest BCUT2D eigenvalue weighted by atomic mass is 9.91. The Morgan fingerprint density at radius 3 is 2.68 bits per heavy atom. The largest absolute Gasteiger partial charge is 0.493 e. The first-order valence-corrected chi connectivity index (χ1v) is 13.0. The fourth-order valence-electron chi connectivity index (χ4n) is 5.05. The van der Waals surface area contributed by atoms with Crippen LogP contribution in [0.25, 0.3) is 0 Å². The predicted octanol–water partition coefficient (Wildman–Crippen LogP) is 4.00. The molecule has 1 aliphatic heterocycles. The molecule has 3 heterocycles. The molecule has 3 N–H and O–H groups in total. The van der Waals surface area contributed by atoms with Gasteiger partial charge < -0.3 is 20.5 Å². The number of thiophene rings is 2. The summed E-state index contributed by atoms with van der Waals surface area (Å²) in [6, 6.07) is 8.12. The number of rotatable bonds is 7. The Morgan fingerprint density at radius 1 is 1.18 bits per heavy atom. The molecule has 34 heavy (non-hydrogen) atoms. The van der Waals surface area contributed by atoms with Gasteiger partial charge in [-0.15, -0.1) is 22.7 Å². The molecule has 0 spiro atoms. The molecule has 1 aliphatic carbocycles. The van der Waals surface area contributed by atoms with Gasteiger partial charge in [-0.25, -0.2) is 0 Å². The van der Waals surface area contributed by atoms with Gasteiger partial charge in [-0.05, 0) is 66.0 Å². The number of nitrogens with zero attached hydrogens (tertiary/aromatic N) is 1. The zero-order valence-electron chi connectivity index (χ0n) is 19.2. The maximum atomic E-state index is 13.2. The number of aryl methyl sites for hydroxylation is 1. The van der Waals surface area contributed by atoms with Crippen molar-refractivity contribution in [1.29, 1.82) is 0 Å². The monoisotopic (exact) mass is 497 g/mol. The molecule has 178 valence electrons. The lowest BCUT2D eigenvalue weighted by molar-refractivity contribution is -0.117. The molecule has 0 saturated heterocycles. The predicted molar refractivity (Wildman–Crippen MR) is 134 cm³/mol. The molecule has 2 amide bonds. The first-order chi connectivity index (χ1) is 16.5. The van der Waals surface area contributed by atoms with Crippen molar-refractivity contribution in [1.82, 2.24) is 4.90 Å². The molecule has 0 saturated carbocycles. The summed E-state index contributed by atoms with van der Waals surface area (Å²) >= 11 is 3.15. The van der Waals surface area contributed by atoms with E-state index in [-0.39, 0.29) is 18.5 Å². The molecule has 3 aromatic rings. The molecule has 2 aromatic heterocycles. The van der Waals surface area contributed by atoms with E-state index in [1.807, 2.05) is 18.2 Å². The molecular formula is C25H27N3O4S2. The van der Waals surface area contributed by atoms with Crippen LogP contribution < -0.4 is 20.5 Å². The number of benzene rings is 1. The summed E-state index contributed by atoms with van der Waals surface area (Å²) in [5.74, 6) is 0.766.